The van der Waals surface area contributed by atoms with Gasteiger partial charge in [0.2, 0.25) is 0 Å². The first-order chi connectivity index (χ1) is 3.70. The van der Waals surface area contributed by atoms with E-state index in [9.17, 15) is 9.59 Å². The Morgan fingerprint density at radius 3 is 2.25 bits per heavy atom. The van der Waals surface area contributed by atoms with Gasteiger partial charge in [0, 0.05) is 0 Å². The van der Waals surface area contributed by atoms with E-state index < -0.39 is 5.37 Å². The van der Waals surface area contributed by atoms with Gasteiger partial charge in [0.15, 0.2) is 5.78 Å². The van der Waals surface area contributed by atoms with E-state index in [0.717, 1.165) is 0 Å². The van der Waals surface area contributed by atoms with Crippen molar-refractivity contribution in [2.45, 2.75) is 0 Å². The molecule has 4 heteroatoms. The highest BCUT2D eigenvalue weighted by Crippen LogP contribution is 2.04. The molecule has 1 rings (SSSR count). The molecule has 0 aromatic carbocycles. The zero-order valence-electron chi connectivity index (χ0n) is 4.06. The van der Waals surface area contributed by atoms with Crippen molar-refractivity contribution >= 4 is 22.8 Å². The third-order valence-electron chi connectivity index (χ3n) is 0.983. The summed E-state index contributed by atoms with van der Waals surface area (Å²) >= 11 is 4.98. The minimum Gasteiger partial charge on any atom is -0.314 e. The highest BCUT2D eigenvalue weighted by molar-refractivity contribution is 6.63. The summed E-state index contributed by atoms with van der Waals surface area (Å²) in [5, 5.41) is -0.537. The monoisotopic (exact) mass is 133 g/mol. The van der Waals surface area contributed by atoms with Gasteiger partial charge < -0.3 is 4.90 Å². The van der Waals surface area contributed by atoms with Gasteiger partial charge in [-0.15, -0.1) is 0 Å². The van der Waals surface area contributed by atoms with Crippen molar-refractivity contribution in [3.8, 4) is 0 Å². The van der Waals surface area contributed by atoms with Crippen LogP contribution in [0.4, 0.5) is 4.79 Å². The number of hydrogen-bond donors (Lipinski definition) is 0. The Labute approximate surface area is 51.2 Å². The number of ketones is 1. The van der Waals surface area contributed by atoms with E-state index in [2.05, 4.69) is 0 Å². The Bertz CT molecular complexity index is 137. The lowest BCUT2D eigenvalue weighted by atomic mass is 10.2. The molecule has 1 saturated heterocycles. The van der Waals surface area contributed by atoms with Crippen LogP contribution in [0, 0.1) is 0 Å². The van der Waals surface area contributed by atoms with Gasteiger partial charge >= 0.3 is 5.37 Å². The normalized spacial score (nSPS) is 18.1. The molecular formula is C4H4ClNO2. The molecular weight excluding hydrogens is 130 g/mol. The van der Waals surface area contributed by atoms with E-state index >= 15 is 0 Å². The molecule has 0 aromatic heterocycles. The first kappa shape index (κ1) is 5.56. The Balaban J connectivity index is 2.35. The van der Waals surface area contributed by atoms with E-state index in [0.29, 0.717) is 0 Å². The van der Waals surface area contributed by atoms with Gasteiger partial charge in [0.25, 0.3) is 0 Å². The van der Waals surface area contributed by atoms with Gasteiger partial charge in [0.05, 0.1) is 13.1 Å². The van der Waals surface area contributed by atoms with Gasteiger partial charge in [-0.25, -0.2) is 0 Å². The zero-order chi connectivity index (χ0) is 6.15. The number of carbonyl (C=O) groups is 2. The Kier molecular flexibility index (Phi) is 1.21. The molecule has 1 aliphatic heterocycles. The molecule has 1 heterocycles. The molecule has 0 aromatic rings. The van der Waals surface area contributed by atoms with E-state index in [1.54, 1.807) is 0 Å². The standard InChI is InChI=1S/C4H4ClNO2/c5-4(8)6-1-3(7)2-6/h1-2H2. The topological polar surface area (TPSA) is 37.4 Å². The second kappa shape index (κ2) is 1.74. The van der Waals surface area contributed by atoms with Crippen LogP contribution in [0.1, 0.15) is 0 Å². The average molecular weight is 134 g/mol. The Morgan fingerprint density at radius 2 is 2.12 bits per heavy atom. The number of halogens is 1. The maximum absolute atomic E-state index is 10.2. The van der Waals surface area contributed by atoms with Crippen molar-refractivity contribution in [1.82, 2.24) is 4.90 Å². The van der Waals surface area contributed by atoms with Crippen LogP contribution in [0.2, 0.25) is 0 Å². The lowest BCUT2D eigenvalue weighted by Crippen LogP contribution is -2.48. The van der Waals surface area contributed by atoms with E-state index in [-0.39, 0.29) is 18.9 Å². The highest BCUT2D eigenvalue weighted by Gasteiger charge is 2.26. The summed E-state index contributed by atoms with van der Waals surface area (Å²) < 4.78 is 0. The molecule has 0 bridgehead atoms. The first-order valence-corrected chi connectivity index (χ1v) is 2.54. The summed E-state index contributed by atoms with van der Waals surface area (Å²) in [5.74, 6) is 0.0685. The number of carbonyl (C=O) groups excluding carboxylic acids is 2. The fourth-order valence-electron chi connectivity index (χ4n) is 0.504. The molecule has 0 N–H and O–H groups in total. The lowest BCUT2D eigenvalue weighted by molar-refractivity contribution is -0.126. The molecule has 8 heavy (non-hydrogen) atoms. The van der Waals surface area contributed by atoms with Crippen molar-refractivity contribution in [2.24, 2.45) is 0 Å². The number of likely N-dealkylation sites (tertiary alicyclic amines) is 1. The molecule has 0 saturated carbocycles. The lowest BCUT2D eigenvalue weighted by Gasteiger charge is -2.26. The van der Waals surface area contributed by atoms with E-state index in [4.69, 9.17) is 11.6 Å². The van der Waals surface area contributed by atoms with Crippen LogP contribution in [0.5, 0.6) is 0 Å². The largest absolute Gasteiger partial charge is 0.317 e. The van der Waals surface area contributed by atoms with Crippen LogP contribution in [0.3, 0.4) is 0 Å². The third kappa shape index (κ3) is 0.816. The number of hydrogen-bond acceptors (Lipinski definition) is 2. The smallest absolute Gasteiger partial charge is 0.314 e. The predicted octanol–water partition coefficient (Wildman–Crippen LogP) is 0.230. The van der Waals surface area contributed by atoms with Crippen molar-refractivity contribution in [3.63, 3.8) is 0 Å². The molecule has 1 amide bonds. The predicted molar refractivity (Wildman–Crippen MR) is 27.8 cm³/mol. The second-order valence-corrected chi connectivity index (χ2v) is 1.97. The molecule has 0 unspecified atom stereocenters. The maximum atomic E-state index is 10.2. The van der Waals surface area contributed by atoms with E-state index in [1.165, 1.54) is 4.90 Å². The Morgan fingerprint density at radius 1 is 1.62 bits per heavy atom. The van der Waals surface area contributed by atoms with E-state index in [1.807, 2.05) is 0 Å². The minimum atomic E-state index is -0.537. The summed E-state index contributed by atoms with van der Waals surface area (Å²) in [6.45, 7) is 0.394. The van der Waals surface area contributed by atoms with Crippen molar-refractivity contribution < 1.29 is 9.59 Å². The molecule has 44 valence electrons. The number of rotatable bonds is 0. The van der Waals surface area contributed by atoms with Gasteiger partial charge in [-0.3, -0.25) is 9.59 Å². The van der Waals surface area contributed by atoms with Crippen molar-refractivity contribution in [3.05, 3.63) is 0 Å². The summed E-state index contributed by atoms with van der Waals surface area (Å²) in [7, 11) is 0. The van der Waals surface area contributed by atoms with Crippen molar-refractivity contribution in [2.75, 3.05) is 13.1 Å². The summed E-state index contributed by atoms with van der Waals surface area (Å²) in [4.78, 5) is 21.5. The highest BCUT2D eigenvalue weighted by atomic mass is 35.5. The molecule has 0 atom stereocenters. The van der Waals surface area contributed by atoms with Crippen molar-refractivity contribution in [1.29, 1.82) is 0 Å². The van der Waals surface area contributed by atoms with Crippen LogP contribution >= 0.6 is 11.6 Å². The van der Waals surface area contributed by atoms with Crippen LogP contribution in [0.25, 0.3) is 0 Å². The summed E-state index contributed by atoms with van der Waals surface area (Å²) in [6, 6.07) is 0. The van der Waals surface area contributed by atoms with Crippen LogP contribution in [0.15, 0.2) is 0 Å². The maximum Gasteiger partial charge on any atom is 0.317 e. The number of nitrogens with zero attached hydrogens (tertiary/aromatic N) is 1. The average Bonchev–Trinajstić information content (AvgIpc) is 1.57. The fraction of sp³-hybridized carbons (Fsp3) is 0.500. The molecule has 1 fully saturated rings. The van der Waals surface area contributed by atoms with Gasteiger partial charge in [-0.05, 0) is 11.6 Å². The zero-order valence-corrected chi connectivity index (χ0v) is 4.81. The molecule has 0 radical (unpaired) electrons. The van der Waals surface area contributed by atoms with Crippen LogP contribution in [-0.4, -0.2) is 29.1 Å². The first-order valence-electron chi connectivity index (χ1n) is 2.16. The molecule has 0 spiro atoms. The SMILES string of the molecule is O=C1CN(C(=O)Cl)C1. The quantitative estimate of drug-likeness (QED) is 0.351. The van der Waals surface area contributed by atoms with Crippen LogP contribution < -0.4 is 0 Å². The Hall–Kier alpha value is -0.570. The van der Waals surface area contributed by atoms with Gasteiger partial charge in [-0.1, -0.05) is 0 Å². The fourth-order valence-corrected chi connectivity index (χ4v) is 0.623. The molecule has 1 aliphatic rings. The van der Waals surface area contributed by atoms with Gasteiger partial charge in [0.1, 0.15) is 0 Å². The van der Waals surface area contributed by atoms with Crippen LogP contribution in [-0.2, 0) is 4.79 Å². The second-order valence-electron chi connectivity index (χ2n) is 1.65. The third-order valence-corrected chi connectivity index (χ3v) is 1.22. The number of amides is 1. The summed E-state index contributed by atoms with van der Waals surface area (Å²) in [5.41, 5.74) is 0. The minimum absolute atomic E-state index is 0.0685. The van der Waals surface area contributed by atoms with Gasteiger partial charge in [-0.2, -0.15) is 0 Å². The summed E-state index contributed by atoms with van der Waals surface area (Å²) in [6.07, 6.45) is 0. The number of Topliss-reactive ketones (excluding diaryl/α,β-unsaturated/α-hetero) is 1. The molecule has 0 aliphatic carbocycles. The molecule has 3 nitrogen and oxygen atoms in total.